The third-order valence-electron chi connectivity index (χ3n) is 0.966. The summed E-state index contributed by atoms with van der Waals surface area (Å²) >= 11 is 16.1. The van der Waals surface area contributed by atoms with E-state index in [4.69, 9.17) is 39.9 Å². The number of aliphatic hydroxyl groups is 1. The van der Waals surface area contributed by atoms with E-state index < -0.39 is 9.90 Å². The number of alkyl halides is 3. The van der Waals surface area contributed by atoms with Crippen LogP contribution in [0.3, 0.4) is 0 Å². The number of hydrogen-bond donors (Lipinski definition) is 2. The number of rotatable bonds is 3. The van der Waals surface area contributed by atoms with Crippen molar-refractivity contribution in [2.24, 2.45) is 0 Å². The second-order valence-electron chi connectivity index (χ2n) is 1.87. The van der Waals surface area contributed by atoms with Gasteiger partial charge in [0.1, 0.15) is 6.10 Å². The zero-order valence-corrected chi connectivity index (χ0v) is 7.84. The largest absolute Gasteiger partial charge is 0.387 e. The lowest BCUT2D eigenvalue weighted by Gasteiger charge is -2.18. The van der Waals surface area contributed by atoms with Gasteiger partial charge in [0.25, 0.3) is 0 Å². The van der Waals surface area contributed by atoms with Crippen LogP contribution in [0.25, 0.3) is 0 Å². The van der Waals surface area contributed by atoms with Crippen molar-refractivity contribution in [3.8, 4) is 0 Å². The molecule has 0 saturated carbocycles. The molecule has 0 spiro atoms. The van der Waals surface area contributed by atoms with Crippen LogP contribution < -0.4 is 5.32 Å². The van der Waals surface area contributed by atoms with Crippen molar-refractivity contribution in [1.29, 1.82) is 0 Å². The van der Waals surface area contributed by atoms with Gasteiger partial charge in [-0.15, -0.1) is 0 Å². The van der Waals surface area contributed by atoms with Gasteiger partial charge in [0.15, 0.2) is 0 Å². The Balaban J connectivity index is 3.52. The predicted octanol–water partition coefficient (Wildman–Crippen LogP) is 1.33. The van der Waals surface area contributed by atoms with Crippen LogP contribution in [0.15, 0.2) is 0 Å². The van der Waals surface area contributed by atoms with E-state index in [0.29, 0.717) is 6.54 Å². The molecular weight excluding hydrogens is 196 g/mol. The van der Waals surface area contributed by atoms with E-state index in [1.54, 1.807) is 0 Å². The van der Waals surface area contributed by atoms with E-state index in [0.717, 1.165) is 6.54 Å². The predicted molar refractivity (Wildman–Crippen MR) is 44.8 cm³/mol. The van der Waals surface area contributed by atoms with E-state index in [1.165, 1.54) is 0 Å². The summed E-state index contributed by atoms with van der Waals surface area (Å²) in [4.78, 5) is 0. The molecule has 62 valence electrons. The maximum absolute atomic E-state index is 9.06. The van der Waals surface area contributed by atoms with Crippen LogP contribution in [-0.2, 0) is 0 Å². The van der Waals surface area contributed by atoms with E-state index in [1.807, 2.05) is 6.92 Å². The maximum atomic E-state index is 9.06. The smallest absolute Gasteiger partial charge is 0.217 e. The SMILES string of the molecule is CCNCC(O)C(Cl)(Cl)Cl. The summed E-state index contributed by atoms with van der Waals surface area (Å²) in [6.45, 7) is 2.95. The van der Waals surface area contributed by atoms with Crippen LogP contribution in [0.1, 0.15) is 6.92 Å². The molecule has 0 amide bonds. The fraction of sp³-hybridized carbons (Fsp3) is 1.00. The molecule has 0 aliphatic rings. The summed E-state index contributed by atoms with van der Waals surface area (Å²) < 4.78 is -1.58. The molecule has 0 heterocycles. The van der Waals surface area contributed by atoms with E-state index in [9.17, 15) is 0 Å². The van der Waals surface area contributed by atoms with Gasteiger partial charge in [-0.05, 0) is 6.54 Å². The third kappa shape index (κ3) is 4.58. The van der Waals surface area contributed by atoms with Crippen LogP contribution >= 0.6 is 34.8 Å². The van der Waals surface area contributed by atoms with Gasteiger partial charge in [-0.3, -0.25) is 0 Å². The first kappa shape index (κ1) is 10.8. The van der Waals surface area contributed by atoms with Gasteiger partial charge in [0, 0.05) is 6.54 Å². The minimum absolute atomic E-state index is 0.299. The van der Waals surface area contributed by atoms with Crippen molar-refractivity contribution < 1.29 is 5.11 Å². The van der Waals surface area contributed by atoms with Crippen LogP contribution in [0, 0.1) is 0 Å². The van der Waals surface area contributed by atoms with Crippen LogP contribution in [0.2, 0.25) is 0 Å². The molecule has 1 unspecified atom stereocenters. The number of nitrogens with one attached hydrogen (secondary N) is 1. The Morgan fingerprint density at radius 2 is 2.00 bits per heavy atom. The first-order valence-electron chi connectivity index (χ1n) is 2.94. The first-order valence-corrected chi connectivity index (χ1v) is 4.07. The zero-order valence-electron chi connectivity index (χ0n) is 5.57. The molecule has 0 fully saturated rings. The summed E-state index contributed by atoms with van der Waals surface area (Å²) in [6.07, 6.45) is -0.947. The maximum Gasteiger partial charge on any atom is 0.217 e. The summed E-state index contributed by atoms with van der Waals surface area (Å²) in [5, 5.41) is 11.9. The number of aliphatic hydroxyl groups excluding tert-OH is 1. The minimum atomic E-state index is -1.58. The first-order chi connectivity index (χ1) is 4.48. The highest BCUT2D eigenvalue weighted by Crippen LogP contribution is 2.29. The van der Waals surface area contributed by atoms with Crippen LogP contribution in [-0.4, -0.2) is 28.1 Å². The Morgan fingerprint density at radius 1 is 1.50 bits per heavy atom. The quantitative estimate of drug-likeness (QED) is 0.683. The zero-order chi connectivity index (χ0) is 8.20. The molecule has 0 aromatic rings. The van der Waals surface area contributed by atoms with Gasteiger partial charge < -0.3 is 10.4 Å². The molecule has 0 aliphatic carbocycles. The third-order valence-corrected chi connectivity index (χ3v) is 1.72. The minimum Gasteiger partial charge on any atom is -0.387 e. The lowest BCUT2D eigenvalue weighted by Crippen LogP contribution is -2.36. The lowest BCUT2D eigenvalue weighted by atomic mass is 10.4. The molecule has 1 atom stereocenters. The van der Waals surface area contributed by atoms with Crippen LogP contribution in [0.5, 0.6) is 0 Å². The summed E-state index contributed by atoms with van der Waals surface area (Å²) in [7, 11) is 0. The van der Waals surface area contributed by atoms with Crippen LogP contribution in [0.4, 0.5) is 0 Å². The van der Waals surface area contributed by atoms with Gasteiger partial charge in [-0.1, -0.05) is 41.7 Å². The van der Waals surface area contributed by atoms with Gasteiger partial charge in [0.2, 0.25) is 3.79 Å². The van der Waals surface area contributed by atoms with Gasteiger partial charge >= 0.3 is 0 Å². The molecule has 2 nitrogen and oxygen atoms in total. The molecule has 0 aromatic carbocycles. The molecule has 0 saturated heterocycles. The monoisotopic (exact) mass is 205 g/mol. The average molecular weight is 206 g/mol. The Bertz CT molecular complexity index is 93.4. The van der Waals surface area contributed by atoms with Gasteiger partial charge in [0.05, 0.1) is 0 Å². The fourth-order valence-electron chi connectivity index (χ4n) is 0.397. The Morgan fingerprint density at radius 3 is 2.30 bits per heavy atom. The number of likely N-dealkylation sites (N-methyl/N-ethyl adjacent to an activating group) is 1. The highest BCUT2D eigenvalue weighted by atomic mass is 35.6. The molecule has 0 bridgehead atoms. The molecule has 0 aromatic heterocycles. The molecule has 2 N–H and O–H groups in total. The van der Waals surface area contributed by atoms with E-state index >= 15 is 0 Å². The van der Waals surface area contributed by atoms with Gasteiger partial charge in [-0.25, -0.2) is 0 Å². The molecular formula is C5H10Cl3NO. The highest BCUT2D eigenvalue weighted by molar-refractivity contribution is 6.68. The molecule has 10 heavy (non-hydrogen) atoms. The second-order valence-corrected chi connectivity index (χ2v) is 4.23. The Kier molecular flexibility index (Phi) is 4.99. The topological polar surface area (TPSA) is 32.3 Å². The van der Waals surface area contributed by atoms with Crippen molar-refractivity contribution in [1.82, 2.24) is 5.32 Å². The standard InChI is InChI=1S/C5H10Cl3NO/c1-2-9-3-4(10)5(6,7)8/h4,9-10H,2-3H2,1H3. The van der Waals surface area contributed by atoms with Crippen molar-refractivity contribution in [3.05, 3.63) is 0 Å². The number of halogens is 3. The average Bonchev–Trinajstić information content (AvgIpc) is 1.80. The molecule has 0 radical (unpaired) electrons. The van der Waals surface area contributed by atoms with Gasteiger partial charge in [-0.2, -0.15) is 0 Å². The normalized spacial score (nSPS) is 15.3. The van der Waals surface area contributed by atoms with Crippen molar-refractivity contribution in [2.45, 2.75) is 16.8 Å². The molecule has 0 rings (SSSR count). The summed E-state index contributed by atoms with van der Waals surface area (Å²) in [5.74, 6) is 0. The van der Waals surface area contributed by atoms with Crippen molar-refractivity contribution in [2.75, 3.05) is 13.1 Å². The highest BCUT2D eigenvalue weighted by Gasteiger charge is 2.29. The lowest BCUT2D eigenvalue weighted by molar-refractivity contribution is 0.176. The fourth-order valence-corrected chi connectivity index (χ4v) is 0.628. The summed E-state index contributed by atoms with van der Waals surface area (Å²) in [6, 6.07) is 0. The molecule has 5 heteroatoms. The number of hydrogen-bond acceptors (Lipinski definition) is 2. The van der Waals surface area contributed by atoms with E-state index in [2.05, 4.69) is 5.32 Å². The van der Waals surface area contributed by atoms with Crippen molar-refractivity contribution in [3.63, 3.8) is 0 Å². The van der Waals surface area contributed by atoms with E-state index in [-0.39, 0.29) is 0 Å². The Labute approximate surface area is 75.5 Å². The van der Waals surface area contributed by atoms with Crippen molar-refractivity contribution >= 4 is 34.8 Å². The second kappa shape index (κ2) is 4.62. The summed E-state index contributed by atoms with van der Waals surface area (Å²) in [5.41, 5.74) is 0. The molecule has 0 aliphatic heterocycles. The Hall–Kier alpha value is 0.790.